The highest BCUT2D eigenvalue weighted by Crippen LogP contribution is 2.34. The molecular weight excluding hydrogens is 412 g/mol. The van der Waals surface area contributed by atoms with Crippen molar-refractivity contribution in [1.29, 1.82) is 0 Å². The molecule has 0 unspecified atom stereocenters. The minimum Gasteiger partial charge on any atom is -0.340 e. The first-order valence-corrected chi connectivity index (χ1v) is 11.4. The molecule has 28 heavy (non-hydrogen) atoms. The minimum atomic E-state index is -0.105. The Hall–Kier alpha value is -1.37. The van der Waals surface area contributed by atoms with Crippen molar-refractivity contribution in [3.63, 3.8) is 0 Å². The van der Waals surface area contributed by atoms with E-state index in [1.807, 2.05) is 23.1 Å². The van der Waals surface area contributed by atoms with Crippen LogP contribution in [0.2, 0.25) is 5.02 Å². The number of likely N-dealkylation sites (tertiary alicyclic amines) is 1. The SMILES string of the molecule is CC[C@@H]1CCCCN1C(=O)CCCN1C(=O)/C(=C/c2ccccc2Cl)SC1=S. The van der Waals surface area contributed by atoms with Crippen molar-refractivity contribution in [2.24, 2.45) is 0 Å². The molecule has 4 nitrogen and oxygen atoms in total. The lowest BCUT2D eigenvalue weighted by molar-refractivity contribution is -0.135. The average molecular weight is 437 g/mol. The van der Waals surface area contributed by atoms with Gasteiger partial charge in [-0.2, -0.15) is 0 Å². The summed E-state index contributed by atoms with van der Waals surface area (Å²) >= 11 is 12.9. The second-order valence-electron chi connectivity index (χ2n) is 7.10. The topological polar surface area (TPSA) is 40.6 Å². The van der Waals surface area contributed by atoms with Gasteiger partial charge in [0.25, 0.3) is 5.91 Å². The van der Waals surface area contributed by atoms with Crippen LogP contribution < -0.4 is 0 Å². The first-order valence-electron chi connectivity index (χ1n) is 9.80. The number of thiocarbonyl (C=S) groups is 1. The molecule has 2 saturated heterocycles. The Labute approximate surface area is 181 Å². The number of carbonyl (C=O) groups excluding carboxylic acids is 2. The van der Waals surface area contributed by atoms with Crippen molar-refractivity contribution in [1.82, 2.24) is 9.80 Å². The second-order valence-corrected chi connectivity index (χ2v) is 9.19. The predicted molar refractivity (Wildman–Crippen MR) is 120 cm³/mol. The molecule has 0 radical (unpaired) electrons. The van der Waals surface area contributed by atoms with E-state index in [4.69, 9.17) is 23.8 Å². The molecule has 0 aliphatic carbocycles. The average Bonchev–Trinajstić information content (AvgIpc) is 2.97. The summed E-state index contributed by atoms with van der Waals surface area (Å²) in [5, 5.41) is 0.602. The Kier molecular flexibility index (Phi) is 7.55. The Morgan fingerprint density at radius 1 is 1.36 bits per heavy atom. The van der Waals surface area contributed by atoms with E-state index in [-0.39, 0.29) is 11.8 Å². The van der Waals surface area contributed by atoms with Gasteiger partial charge < -0.3 is 4.90 Å². The van der Waals surface area contributed by atoms with Gasteiger partial charge in [-0.05, 0) is 49.8 Å². The zero-order valence-electron chi connectivity index (χ0n) is 16.0. The van der Waals surface area contributed by atoms with E-state index >= 15 is 0 Å². The summed E-state index contributed by atoms with van der Waals surface area (Å²) in [6.07, 6.45) is 7.26. The molecular formula is C21H25ClN2O2S2. The lowest BCUT2D eigenvalue weighted by Gasteiger charge is -2.35. The van der Waals surface area contributed by atoms with E-state index < -0.39 is 0 Å². The third kappa shape index (κ3) is 4.97. The maximum atomic E-state index is 12.7. The third-order valence-electron chi connectivity index (χ3n) is 5.26. The van der Waals surface area contributed by atoms with Crippen LogP contribution in [0.25, 0.3) is 6.08 Å². The predicted octanol–water partition coefficient (Wildman–Crippen LogP) is 5.11. The molecule has 1 aromatic rings. The van der Waals surface area contributed by atoms with Gasteiger partial charge in [0, 0.05) is 30.6 Å². The molecule has 0 saturated carbocycles. The summed E-state index contributed by atoms with van der Waals surface area (Å²) < 4.78 is 0.542. The van der Waals surface area contributed by atoms with E-state index in [1.54, 1.807) is 17.0 Å². The van der Waals surface area contributed by atoms with Gasteiger partial charge in [0.1, 0.15) is 4.32 Å². The lowest BCUT2D eigenvalue weighted by atomic mass is 9.99. The van der Waals surface area contributed by atoms with Crippen LogP contribution in [0.15, 0.2) is 29.2 Å². The van der Waals surface area contributed by atoms with Gasteiger partial charge in [0.15, 0.2) is 0 Å². The number of thioether (sulfide) groups is 1. The summed E-state index contributed by atoms with van der Waals surface area (Å²) in [6, 6.07) is 7.78. The number of hydrogen-bond acceptors (Lipinski definition) is 4. The number of amides is 2. The highest BCUT2D eigenvalue weighted by molar-refractivity contribution is 8.26. The van der Waals surface area contributed by atoms with Gasteiger partial charge in [-0.15, -0.1) is 0 Å². The van der Waals surface area contributed by atoms with Crippen molar-refractivity contribution in [2.75, 3.05) is 13.1 Å². The van der Waals surface area contributed by atoms with Gasteiger partial charge in [0.05, 0.1) is 4.91 Å². The number of piperidine rings is 1. The Bertz CT molecular complexity index is 796. The van der Waals surface area contributed by atoms with Crippen LogP contribution in [-0.4, -0.2) is 45.1 Å². The second kappa shape index (κ2) is 9.90. The van der Waals surface area contributed by atoms with E-state index in [0.717, 1.165) is 31.4 Å². The first-order chi connectivity index (χ1) is 13.5. The van der Waals surface area contributed by atoms with Crippen LogP contribution in [0.3, 0.4) is 0 Å². The van der Waals surface area contributed by atoms with Crippen LogP contribution in [0, 0.1) is 0 Å². The molecule has 0 bridgehead atoms. The fraction of sp³-hybridized carbons (Fsp3) is 0.476. The summed E-state index contributed by atoms with van der Waals surface area (Å²) in [6.45, 7) is 3.47. The van der Waals surface area contributed by atoms with Gasteiger partial charge in [-0.3, -0.25) is 14.5 Å². The van der Waals surface area contributed by atoms with Crippen LogP contribution in [0.4, 0.5) is 0 Å². The number of benzene rings is 1. The summed E-state index contributed by atoms with van der Waals surface area (Å²) in [5.41, 5.74) is 0.801. The van der Waals surface area contributed by atoms with Crippen molar-refractivity contribution in [3.8, 4) is 0 Å². The number of rotatable bonds is 6. The Morgan fingerprint density at radius 3 is 2.89 bits per heavy atom. The zero-order chi connectivity index (χ0) is 20.1. The maximum absolute atomic E-state index is 12.7. The summed E-state index contributed by atoms with van der Waals surface area (Å²) in [7, 11) is 0. The fourth-order valence-corrected chi connectivity index (χ4v) is 5.20. The van der Waals surface area contributed by atoms with Crippen LogP contribution in [-0.2, 0) is 9.59 Å². The Balaban J connectivity index is 1.56. The third-order valence-corrected chi connectivity index (χ3v) is 6.98. The monoisotopic (exact) mass is 436 g/mol. The zero-order valence-corrected chi connectivity index (χ0v) is 18.4. The van der Waals surface area contributed by atoms with Gasteiger partial charge >= 0.3 is 0 Å². The van der Waals surface area contributed by atoms with Gasteiger partial charge in [0.2, 0.25) is 5.91 Å². The molecule has 2 aliphatic rings. The molecule has 0 spiro atoms. The molecule has 150 valence electrons. The largest absolute Gasteiger partial charge is 0.340 e. The molecule has 1 atom stereocenters. The molecule has 2 heterocycles. The number of nitrogens with zero attached hydrogens (tertiary/aromatic N) is 2. The van der Waals surface area contributed by atoms with Gasteiger partial charge in [-0.25, -0.2) is 0 Å². The van der Waals surface area contributed by atoms with Crippen molar-refractivity contribution < 1.29 is 9.59 Å². The fourth-order valence-electron chi connectivity index (χ4n) is 3.71. The molecule has 3 rings (SSSR count). The molecule has 2 amide bonds. The van der Waals surface area contributed by atoms with E-state index in [2.05, 4.69) is 6.92 Å². The van der Waals surface area contributed by atoms with E-state index in [1.165, 1.54) is 18.2 Å². The highest BCUT2D eigenvalue weighted by Gasteiger charge is 2.32. The maximum Gasteiger partial charge on any atom is 0.266 e. The normalized spacial score (nSPS) is 21.6. The number of halogens is 1. The molecule has 7 heteroatoms. The van der Waals surface area contributed by atoms with Crippen molar-refractivity contribution >= 4 is 57.8 Å². The number of hydrogen-bond donors (Lipinski definition) is 0. The molecule has 2 fully saturated rings. The van der Waals surface area contributed by atoms with E-state index in [9.17, 15) is 9.59 Å². The quantitative estimate of drug-likeness (QED) is 0.458. The molecule has 2 aliphatic heterocycles. The smallest absolute Gasteiger partial charge is 0.266 e. The van der Waals surface area contributed by atoms with Crippen LogP contribution in [0.5, 0.6) is 0 Å². The lowest BCUT2D eigenvalue weighted by Crippen LogP contribution is -2.43. The first kappa shape index (κ1) is 21.3. The minimum absolute atomic E-state index is 0.105. The molecule has 1 aromatic carbocycles. The standard InChI is InChI=1S/C21H25ClN2O2S2/c1-2-16-9-5-6-12-23(16)19(25)11-7-13-24-20(26)18(28-21(24)27)14-15-8-3-4-10-17(15)22/h3-4,8,10,14,16H,2,5-7,9,11-13H2,1H3/b18-14-/t16-/m1/s1. The van der Waals surface area contributed by atoms with E-state index in [0.29, 0.717) is 39.7 Å². The highest BCUT2D eigenvalue weighted by atomic mass is 35.5. The van der Waals surface area contributed by atoms with Crippen molar-refractivity contribution in [3.05, 3.63) is 39.8 Å². The molecule has 0 N–H and O–H groups in total. The summed E-state index contributed by atoms with van der Waals surface area (Å²) in [5.74, 6) is 0.0929. The van der Waals surface area contributed by atoms with Gasteiger partial charge in [-0.1, -0.05) is 60.7 Å². The summed E-state index contributed by atoms with van der Waals surface area (Å²) in [4.78, 5) is 29.5. The van der Waals surface area contributed by atoms with Crippen LogP contribution in [0.1, 0.15) is 51.0 Å². The molecule has 0 aromatic heterocycles. The van der Waals surface area contributed by atoms with Crippen LogP contribution >= 0.6 is 35.6 Å². The number of carbonyl (C=O) groups is 2. The van der Waals surface area contributed by atoms with Crippen molar-refractivity contribution in [2.45, 2.75) is 51.5 Å². The Morgan fingerprint density at radius 2 is 2.14 bits per heavy atom.